The van der Waals surface area contributed by atoms with Crippen molar-refractivity contribution in [2.45, 2.75) is 91.0 Å². The van der Waals surface area contributed by atoms with E-state index in [-0.39, 0.29) is 55.0 Å². The van der Waals surface area contributed by atoms with Gasteiger partial charge in [0.15, 0.2) is 0 Å². The number of hydrogen-bond donors (Lipinski definition) is 4. The fourth-order valence-corrected chi connectivity index (χ4v) is 6.90. The summed E-state index contributed by atoms with van der Waals surface area (Å²) in [6, 6.07) is 14.8. The van der Waals surface area contributed by atoms with Crippen LogP contribution in [0.3, 0.4) is 0 Å². The molecular weight excluding hydrogens is 956 g/mol. The third kappa shape index (κ3) is 19.4. The fraction of sp³-hybridized carbons (Fsp3) is 0.360. The Morgan fingerprint density at radius 2 is 0.887 bits per heavy atom. The molecule has 0 spiro atoms. The van der Waals surface area contributed by atoms with Gasteiger partial charge in [-0.25, -0.2) is 19.2 Å². The van der Waals surface area contributed by atoms with Gasteiger partial charge >= 0.3 is 41.2 Å². The monoisotopic (exact) mass is 1020 g/mol. The van der Waals surface area contributed by atoms with Gasteiger partial charge in [-0.05, 0) is 74.3 Å². The van der Waals surface area contributed by atoms with E-state index in [0.717, 1.165) is 23.0 Å². The second-order valence-corrected chi connectivity index (χ2v) is 16.8. The van der Waals surface area contributed by atoms with Crippen LogP contribution in [0.5, 0.6) is 0 Å². The van der Waals surface area contributed by atoms with Crippen molar-refractivity contribution < 1.29 is 64.8 Å². The maximum absolute atomic E-state index is 13.0. The molecule has 2 saturated carbocycles. The molecule has 2 heterocycles. The molecule has 71 heavy (non-hydrogen) atoms. The van der Waals surface area contributed by atoms with E-state index in [1.54, 1.807) is 49.5 Å². The summed E-state index contributed by atoms with van der Waals surface area (Å²) in [6.07, 6.45) is 17.9. The van der Waals surface area contributed by atoms with Gasteiger partial charge in [0, 0.05) is 37.8 Å². The number of amides is 4. The number of rotatable bonds is 22. The molecule has 2 aliphatic carbocycles. The van der Waals surface area contributed by atoms with Gasteiger partial charge in [0.25, 0.3) is 0 Å². The maximum Gasteiger partial charge on any atom is 2.00 e. The Morgan fingerprint density at radius 1 is 0.535 bits per heavy atom. The fourth-order valence-electron chi connectivity index (χ4n) is 6.90. The van der Waals surface area contributed by atoms with Crippen molar-refractivity contribution in [2.75, 3.05) is 14.2 Å². The van der Waals surface area contributed by atoms with E-state index >= 15 is 0 Å². The summed E-state index contributed by atoms with van der Waals surface area (Å²) < 4.78 is 23.4. The molecule has 0 unspecified atom stereocenters. The SMILES string of the molecule is COC(=O)[C@@H](NC(=O)[C@H](Cc1ccccc1)NC(=O)OCc1cn(C[C]2[CH][CH][CH][CH]2)nn1)C(C)C.COC(=O)[C@@H](NC(=O)[C@H](Cc1ccccc1)NC(=O)OCc1cn(C[C]2[CH][CH][CH][CH]2)nn1)C(C)C.[Fe+2]. The largest absolute Gasteiger partial charge is 2.00 e. The van der Waals surface area contributed by atoms with Crippen LogP contribution in [0.15, 0.2) is 73.1 Å². The van der Waals surface area contributed by atoms with Crippen molar-refractivity contribution in [1.82, 2.24) is 51.3 Å². The molecule has 2 fully saturated rings. The van der Waals surface area contributed by atoms with Crippen molar-refractivity contribution in [3.8, 4) is 0 Å². The van der Waals surface area contributed by atoms with E-state index in [1.807, 2.05) is 112 Å². The van der Waals surface area contributed by atoms with Gasteiger partial charge in [-0.1, -0.05) is 98.8 Å². The Hall–Kier alpha value is -6.34. The van der Waals surface area contributed by atoms with Crippen LogP contribution in [-0.2, 0) is 94.3 Å². The Bertz CT molecular complexity index is 2110. The zero-order valence-corrected chi connectivity index (χ0v) is 41.5. The third-order valence-electron chi connectivity index (χ3n) is 10.6. The minimum absolute atomic E-state index is 0. The zero-order chi connectivity index (χ0) is 50.4. The molecule has 0 saturated heterocycles. The van der Waals surface area contributed by atoms with Gasteiger partial charge in [0.2, 0.25) is 11.8 Å². The summed E-state index contributed by atoms with van der Waals surface area (Å²) in [7, 11) is 2.52. The topological polar surface area (TPSA) is 249 Å². The summed E-state index contributed by atoms with van der Waals surface area (Å²) in [5, 5.41) is 26.7. The first-order valence-electron chi connectivity index (χ1n) is 22.6. The zero-order valence-electron chi connectivity index (χ0n) is 40.4. The molecule has 2 aromatic carbocycles. The Labute approximate surface area is 426 Å². The molecule has 10 radical (unpaired) electrons. The van der Waals surface area contributed by atoms with Gasteiger partial charge in [-0.3, -0.25) is 19.0 Å². The van der Waals surface area contributed by atoms with E-state index in [1.165, 1.54) is 14.2 Å². The second kappa shape index (κ2) is 29.7. The van der Waals surface area contributed by atoms with Crippen LogP contribution in [0.2, 0.25) is 0 Å². The molecule has 2 aromatic heterocycles. The average Bonchev–Trinajstić information content (AvgIpc) is 4.22. The van der Waals surface area contributed by atoms with E-state index < -0.39 is 60.1 Å². The van der Waals surface area contributed by atoms with Crippen LogP contribution in [0.25, 0.3) is 0 Å². The minimum atomic E-state index is -0.969. The number of nitrogens with zero attached hydrogens (tertiary/aromatic N) is 6. The van der Waals surface area contributed by atoms with Crippen LogP contribution in [0, 0.1) is 75.0 Å². The molecule has 0 bridgehead atoms. The molecular formula is C50H60FeN10O10+2. The van der Waals surface area contributed by atoms with Crippen LogP contribution < -0.4 is 21.3 Å². The summed E-state index contributed by atoms with van der Waals surface area (Å²) in [4.78, 5) is 75.3. The first-order valence-corrected chi connectivity index (χ1v) is 22.6. The number of carbonyl (C=O) groups is 6. The molecule has 4 atom stereocenters. The summed E-state index contributed by atoms with van der Waals surface area (Å²) in [6.45, 7) is 8.07. The Morgan fingerprint density at radius 3 is 1.21 bits per heavy atom. The number of esters is 2. The van der Waals surface area contributed by atoms with Crippen molar-refractivity contribution in [3.05, 3.63) is 159 Å². The number of carbonyl (C=O) groups excluding carboxylic acids is 6. The molecule has 2 aliphatic rings. The normalized spacial score (nSPS) is 15.2. The molecule has 20 nitrogen and oxygen atoms in total. The van der Waals surface area contributed by atoms with E-state index in [4.69, 9.17) is 18.9 Å². The van der Waals surface area contributed by atoms with Crippen LogP contribution in [0.4, 0.5) is 9.59 Å². The summed E-state index contributed by atoms with van der Waals surface area (Å²) in [5.74, 6) is -0.383. The van der Waals surface area contributed by atoms with Crippen LogP contribution in [0.1, 0.15) is 50.2 Å². The van der Waals surface area contributed by atoms with Gasteiger partial charge in [0.1, 0.15) is 48.8 Å². The van der Waals surface area contributed by atoms with E-state index in [2.05, 4.69) is 41.9 Å². The first kappa shape index (κ1) is 57.2. The first-order chi connectivity index (χ1) is 33.7. The molecule has 21 heteroatoms. The number of methoxy groups -OCH3 is 2. The summed E-state index contributed by atoms with van der Waals surface area (Å²) >= 11 is 0. The van der Waals surface area contributed by atoms with Crippen molar-refractivity contribution in [3.63, 3.8) is 0 Å². The number of ether oxygens (including phenoxy) is 4. The second-order valence-electron chi connectivity index (χ2n) is 16.8. The number of aromatic nitrogens is 6. The quantitative estimate of drug-likeness (QED) is 0.0499. The predicted octanol–water partition coefficient (Wildman–Crippen LogP) is 3.67. The van der Waals surface area contributed by atoms with Gasteiger partial charge in [-0.2, -0.15) is 0 Å². The predicted molar refractivity (Wildman–Crippen MR) is 253 cm³/mol. The molecule has 4 N–H and O–H groups in total. The maximum atomic E-state index is 13.0. The third-order valence-corrected chi connectivity index (χ3v) is 10.6. The van der Waals surface area contributed by atoms with Crippen molar-refractivity contribution in [2.24, 2.45) is 11.8 Å². The molecule has 0 aliphatic heterocycles. The van der Waals surface area contributed by atoms with Crippen LogP contribution in [-0.4, -0.2) is 104 Å². The molecule has 4 aromatic rings. The number of nitrogens with one attached hydrogen (secondary N) is 4. The van der Waals surface area contributed by atoms with Gasteiger partial charge in [0.05, 0.1) is 26.6 Å². The Kier molecular flexibility index (Phi) is 24.0. The summed E-state index contributed by atoms with van der Waals surface area (Å²) in [5.41, 5.74) is 2.62. The Balaban J connectivity index is 0.000000304. The number of hydrogen-bond acceptors (Lipinski definition) is 14. The van der Waals surface area contributed by atoms with Gasteiger partial charge < -0.3 is 40.2 Å². The molecule has 6 rings (SSSR count). The van der Waals surface area contributed by atoms with E-state index in [0.29, 0.717) is 24.5 Å². The molecule has 4 amide bonds. The van der Waals surface area contributed by atoms with E-state index in [9.17, 15) is 28.8 Å². The van der Waals surface area contributed by atoms with Gasteiger partial charge in [-0.15, -0.1) is 10.2 Å². The number of benzene rings is 2. The minimum Gasteiger partial charge on any atom is -0.467 e. The molecule has 376 valence electrons. The van der Waals surface area contributed by atoms with Crippen LogP contribution >= 0.6 is 0 Å². The smallest absolute Gasteiger partial charge is 0.467 e. The van der Waals surface area contributed by atoms with Crippen molar-refractivity contribution in [1.29, 1.82) is 0 Å². The average molecular weight is 1020 g/mol. The standard InChI is InChI=1S/2C25H30N5O5.Fe/c2*1-17(2)22(24(32)34-3)27-23(31)21(13-18-9-5-4-6-10-18)26-25(33)35-16-20-15-30(29-28-20)14-19-11-7-8-12-19;/h2*4-12,15,17,21-22H,13-14,16H2,1-3H3,(H,26,33)(H,27,31);/q;;+2/t2*21-,22-;/m00./s1. The number of alkyl carbamates (subject to hydrolysis) is 2. The van der Waals surface area contributed by atoms with Crippen molar-refractivity contribution >= 4 is 35.9 Å².